The Hall–Kier alpha value is -0.0700. The summed E-state index contributed by atoms with van der Waals surface area (Å²) in [6.45, 7) is 4.52. The second-order valence-corrected chi connectivity index (χ2v) is 9.25. The number of hydrogen-bond donors (Lipinski definition) is 0. The van der Waals surface area contributed by atoms with Gasteiger partial charge in [-0.15, -0.1) is 0 Å². The summed E-state index contributed by atoms with van der Waals surface area (Å²) < 4.78 is 13.8. The van der Waals surface area contributed by atoms with Crippen LogP contribution < -0.4 is 0 Å². The molecular weight excluding hydrogens is 343 g/mol. The normalized spacial score (nSPS) is 12.5. The number of alkyl halides is 1. The number of rotatable bonds is 24. The van der Waals surface area contributed by atoms with Gasteiger partial charge in [-0.05, 0) is 12.8 Å². The summed E-state index contributed by atoms with van der Waals surface area (Å²) in [7, 11) is 0. The SMILES string of the molecule is CCCCCCCCCCCCCCCCCCCC(F)CCCCCCC. The largest absolute Gasteiger partial charge is 0.247 e. The Morgan fingerprint density at radius 2 is 0.571 bits per heavy atom. The maximum Gasteiger partial charge on any atom is 0.100 e. The van der Waals surface area contributed by atoms with E-state index in [9.17, 15) is 4.39 Å². The van der Waals surface area contributed by atoms with Gasteiger partial charge in [0.15, 0.2) is 0 Å². The monoisotopic (exact) mass is 398 g/mol. The highest BCUT2D eigenvalue weighted by Crippen LogP contribution is 2.17. The van der Waals surface area contributed by atoms with Crippen LogP contribution in [0.1, 0.15) is 168 Å². The molecule has 0 N–H and O–H groups in total. The van der Waals surface area contributed by atoms with Gasteiger partial charge < -0.3 is 0 Å². The van der Waals surface area contributed by atoms with Crippen molar-refractivity contribution in [1.82, 2.24) is 0 Å². The highest BCUT2D eigenvalue weighted by atomic mass is 19.1. The fourth-order valence-corrected chi connectivity index (χ4v) is 4.20. The zero-order valence-electron chi connectivity index (χ0n) is 19.9. The molecule has 0 aliphatic carbocycles. The van der Waals surface area contributed by atoms with E-state index in [0.29, 0.717) is 0 Å². The van der Waals surface area contributed by atoms with Crippen LogP contribution in [0.25, 0.3) is 0 Å². The molecule has 0 aliphatic heterocycles. The molecule has 0 aromatic carbocycles. The molecule has 1 unspecified atom stereocenters. The van der Waals surface area contributed by atoms with E-state index in [4.69, 9.17) is 0 Å². The van der Waals surface area contributed by atoms with Crippen molar-refractivity contribution in [2.75, 3.05) is 0 Å². The van der Waals surface area contributed by atoms with E-state index in [2.05, 4.69) is 13.8 Å². The first-order valence-electron chi connectivity index (χ1n) is 13.4. The zero-order valence-corrected chi connectivity index (χ0v) is 19.9. The predicted molar refractivity (Wildman–Crippen MR) is 127 cm³/mol. The molecule has 0 aliphatic rings. The second-order valence-electron chi connectivity index (χ2n) is 9.25. The molecule has 0 fully saturated rings. The quantitative estimate of drug-likeness (QED) is 0.142. The van der Waals surface area contributed by atoms with Crippen molar-refractivity contribution in [2.45, 2.75) is 174 Å². The first-order valence-corrected chi connectivity index (χ1v) is 13.4. The standard InChI is InChI=1S/C27H55F/c1-3-5-7-9-10-11-12-13-14-15-16-17-18-19-20-22-24-26-27(28)25-23-21-8-6-4-2/h27H,3-26H2,1-2H3. The molecular formula is C27H55F. The van der Waals surface area contributed by atoms with E-state index < -0.39 is 6.17 Å². The Bertz CT molecular complexity index is 263. The third kappa shape index (κ3) is 24.0. The Balaban J connectivity index is 3.08. The Morgan fingerprint density at radius 1 is 0.357 bits per heavy atom. The van der Waals surface area contributed by atoms with Crippen LogP contribution in [0, 0.1) is 0 Å². The Labute approximate surface area is 178 Å². The highest BCUT2D eigenvalue weighted by molar-refractivity contribution is 4.58. The topological polar surface area (TPSA) is 0 Å². The third-order valence-electron chi connectivity index (χ3n) is 6.24. The van der Waals surface area contributed by atoms with E-state index in [1.807, 2.05) is 0 Å². The van der Waals surface area contributed by atoms with Crippen molar-refractivity contribution in [2.24, 2.45) is 0 Å². The maximum absolute atomic E-state index is 13.8. The Kier molecular flexibility index (Phi) is 24.9. The van der Waals surface area contributed by atoms with Crippen LogP contribution in [0.4, 0.5) is 4.39 Å². The van der Waals surface area contributed by atoms with Gasteiger partial charge in [0.05, 0.1) is 0 Å². The van der Waals surface area contributed by atoms with Gasteiger partial charge in [-0.1, -0.05) is 155 Å². The Morgan fingerprint density at radius 3 is 0.821 bits per heavy atom. The highest BCUT2D eigenvalue weighted by Gasteiger charge is 2.05. The van der Waals surface area contributed by atoms with Crippen LogP contribution in [0.2, 0.25) is 0 Å². The zero-order chi connectivity index (χ0) is 20.5. The molecule has 1 atom stereocenters. The molecule has 28 heavy (non-hydrogen) atoms. The smallest absolute Gasteiger partial charge is 0.100 e. The lowest BCUT2D eigenvalue weighted by atomic mass is 10.0. The van der Waals surface area contributed by atoms with E-state index >= 15 is 0 Å². The average molecular weight is 399 g/mol. The van der Waals surface area contributed by atoms with Crippen molar-refractivity contribution >= 4 is 0 Å². The van der Waals surface area contributed by atoms with Crippen LogP contribution in [0.15, 0.2) is 0 Å². The first-order chi connectivity index (χ1) is 13.8. The molecule has 0 spiro atoms. The molecule has 1 heteroatoms. The van der Waals surface area contributed by atoms with Crippen molar-refractivity contribution in [3.63, 3.8) is 0 Å². The van der Waals surface area contributed by atoms with Crippen LogP contribution in [0.5, 0.6) is 0 Å². The van der Waals surface area contributed by atoms with E-state index in [1.165, 1.54) is 128 Å². The van der Waals surface area contributed by atoms with Gasteiger partial charge in [-0.3, -0.25) is 0 Å². The molecule has 0 bridgehead atoms. The first kappa shape index (κ1) is 27.9. The van der Waals surface area contributed by atoms with Crippen molar-refractivity contribution in [3.8, 4) is 0 Å². The van der Waals surface area contributed by atoms with Gasteiger partial charge in [0, 0.05) is 0 Å². The third-order valence-corrected chi connectivity index (χ3v) is 6.24. The molecule has 0 aromatic heterocycles. The summed E-state index contributed by atoms with van der Waals surface area (Å²) in [5, 5.41) is 0. The summed E-state index contributed by atoms with van der Waals surface area (Å²) in [6.07, 6.45) is 31.0. The van der Waals surface area contributed by atoms with Crippen LogP contribution in [-0.2, 0) is 0 Å². The summed E-state index contributed by atoms with van der Waals surface area (Å²) in [4.78, 5) is 0. The molecule has 0 amide bonds. The molecule has 0 saturated carbocycles. The van der Waals surface area contributed by atoms with E-state index in [-0.39, 0.29) is 0 Å². The lowest BCUT2D eigenvalue weighted by molar-refractivity contribution is 0.279. The summed E-state index contributed by atoms with van der Waals surface area (Å²) >= 11 is 0. The van der Waals surface area contributed by atoms with Gasteiger partial charge in [-0.25, -0.2) is 4.39 Å². The molecule has 170 valence electrons. The van der Waals surface area contributed by atoms with Gasteiger partial charge in [0.1, 0.15) is 6.17 Å². The molecule has 0 heterocycles. The number of halogens is 1. The van der Waals surface area contributed by atoms with Crippen molar-refractivity contribution < 1.29 is 4.39 Å². The fourth-order valence-electron chi connectivity index (χ4n) is 4.20. The second kappa shape index (κ2) is 25.0. The number of unbranched alkanes of at least 4 members (excludes halogenated alkanes) is 20. The van der Waals surface area contributed by atoms with Gasteiger partial charge in [0.2, 0.25) is 0 Å². The van der Waals surface area contributed by atoms with Gasteiger partial charge in [0.25, 0.3) is 0 Å². The lowest BCUT2D eigenvalue weighted by Crippen LogP contribution is -1.99. The van der Waals surface area contributed by atoms with Crippen LogP contribution >= 0.6 is 0 Å². The number of hydrogen-bond acceptors (Lipinski definition) is 0. The maximum atomic E-state index is 13.8. The predicted octanol–water partition coefficient (Wildman–Crippen LogP) is 10.7. The van der Waals surface area contributed by atoms with Gasteiger partial charge >= 0.3 is 0 Å². The summed E-state index contributed by atoms with van der Waals surface area (Å²) in [6, 6.07) is 0. The molecule has 0 aromatic rings. The average Bonchev–Trinajstić information content (AvgIpc) is 2.70. The minimum atomic E-state index is -0.530. The van der Waals surface area contributed by atoms with E-state index in [1.54, 1.807) is 0 Å². The molecule has 0 rings (SSSR count). The summed E-state index contributed by atoms with van der Waals surface area (Å²) in [5.74, 6) is 0. The molecule has 0 saturated heterocycles. The lowest BCUT2D eigenvalue weighted by Gasteiger charge is -2.08. The molecule has 0 radical (unpaired) electrons. The van der Waals surface area contributed by atoms with Crippen molar-refractivity contribution in [1.29, 1.82) is 0 Å². The van der Waals surface area contributed by atoms with Gasteiger partial charge in [-0.2, -0.15) is 0 Å². The van der Waals surface area contributed by atoms with Crippen LogP contribution in [-0.4, -0.2) is 6.17 Å². The minimum absolute atomic E-state index is 0.530. The summed E-state index contributed by atoms with van der Waals surface area (Å²) in [5.41, 5.74) is 0. The van der Waals surface area contributed by atoms with Crippen LogP contribution in [0.3, 0.4) is 0 Å². The van der Waals surface area contributed by atoms with E-state index in [0.717, 1.165) is 25.7 Å². The minimum Gasteiger partial charge on any atom is -0.247 e. The fraction of sp³-hybridized carbons (Fsp3) is 1.00. The van der Waals surface area contributed by atoms with Crippen molar-refractivity contribution in [3.05, 3.63) is 0 Å². The molecule has 0 nitrogen and oxygen atoms in total.